The van der Waals surface area contributed by atoms with Crippen LogP contribution < -0.4 is 14.8 Å². The van der Waals surface area contributed by atoms with Crippen molar-refractivity contribution in [1.82, 2.24) is 5.32 Å². The Bertz CT molecular complexity index is 439. The molecule has 0 fully saturated rings. The van der Waals surface area contributed by atoms with Crippen LogP contribution in [-0.4, -0.2) is 31.0 Å². The summed E-state index contributed by atoms with van der Waals surface area (Å²) in [4.78, 5) is 0. The molecule has 4 nitrogen and oxygen atoms in total. The van der Waals surface area contributed by atoms with Crippen molar-refractivity contribution in [3.63, 3.8) is 0 Å². The minimum Gasteiger partial charge on any atom is -0.493 e. The van der Waals surface area contributed by atoms with E-state index in [1.807, 2.05) is 19.1 Å². The molecule has 0 amide bonds. The molecule has 0 saturated carbocycles. The first-order valence-corrected chi connectivity index (χ1v) is 8.20. The van der Waals surface area contributed by atoms with Crippen LogP contribution in [0.2, 0.25) is 0 Å². The molecule has 1 aromatic carbocycles. The maximum Gasteiger partial charge on any atom is 0.175 e. The molecule has 0 aliphatic rings. The number of benzene rings is 1. The summed E-state index contributed by atoms with van der Waals surface area (Å²) in [6.45, 7) is 7.51. The van der Waals surface area contributed by atoms with Gasteiger partial charge in [-0.25, -0.2) is 0 Å². The van der Waals surface area contributed by atoms with E-state index >= 15 is 0 Å². The zero-order valence-corrected chi connectivity index (χ0v) is 14.9. The Kier molecular flexibility index (Phi) is 7.49. The standard InChI is InChI=1S/C16H26BrNO3/c1-5-16(6-2,11-19)18-10-12-8-13(17)15(21-7-3)14(9-12)20-4/h8-9,18-19H,5-7,10-11H2,1-4H3. The van der Waals surface area contributed by atoms with Gasteiger partial charge in [0.05, 0.1) is 24.8 Å². The normalized spacial score (nSPS) is 11.5. The summed E-state index contributed by atoms with van der Waals surface area (Å²) in [7, 11) is 1.64. The van der Waals surface area contributed by atoms with Gasteiger partial charge in [0.15, 0.2) is 11.5 Å². The number of nitrogens with one attached hydrogen (secondary N) is 1. The molecule has 5 heteroatoms. The van der Waals surface area contributed by atoms with Gasteiger partial charge in [0.2, 0.25) is 0 Å². The number of halogens is 1. The van der Waals surface area contributed by atoms with E-state index in [0.717, 1.165) is 28.6 Å². The van der Waals surface area contributed by atoms with Gasteiger partial charge in [-0.1, -0.05) is 13.8 Å². The largest absolute Gasteiger partial charge is 0.493 e. The summed E-state index contributed by atoms with van der Waals surface area (Å²) in [6.07, 6.45) is 1.77. The predicted octanol–water partition coefficient (Wildman–Crippen LogP) is 3.50. The number of methoxy groups -OCH3 is 1. The van der Waals surface area contributed by atoms with E-state index in [1.54, 1.807) is 7.11 Å². The van der Waals surface area contributed by atoms with Gasteiger partial charge in [-0.2, -0.15) is 0 Å². The third-order valence-electron chi connectivity index (χ3n) is 3.90. The first-order valence-electron chi connectivity index (χ1n) is 7.40. The van der Waals surface area contributed by atoms with Crippen molar-refractivity contribution in [2.45, 2.75) is 45.7 Å². The molecule has 120 valence electrons. The summed E-state index contributed by atoms with van der Waals surface area (Å²) in [5.74, 6) is 1.44. The molecular weight excluding hydrogens is 334 g/mol. The molecule has 0 aliphatic carbocycles. The fraction of sp³-hybridized carbons (Fsp3) is 0.625. The lowest BCUT2D eigenvalue weighted by Gasteiger charge is -2.31. The summed E-state index contributed by atoms with van der Waals surface area (Å²) >= 11 is 3.53. The van der Waals surface area contributed by atoms with E-state index < -0.39 is 0 Å². The number of ether oxygens (including phenoxy) is 2. The smallest absolute Gasteiger partial charge is 0.175 e. The number of rotatable bonds is 9. The van der Waals surface area contributed by atoms with E-state index in [4.69, 9.17) is 9.47 Å². The Balaban J connectivity index is 2.92. The van der Waals surface area contributed by atoms with E-state index in [-0.39, 0.29) is 12.1 Å². The van der Waals surface area contributed by atoms with E-state index in [9.17, 15) is 5.11 Å². The molecule has 0 saturated heterocycles. The third kappa shape index (κ3) is 4.59. The van der Waals surface area contributed by atoms with Crippen molar-refractivity contribution in [2.24, 2.45) is 0 Å². The fourth-order valence-corrected chi connectivity index (χ4v) is 2.83. The van der Waals surface area contributed by atoms with Crippen molar-refractivity contribution < 1.29 is 14.6 Å². The highest BCUT2D eigenvalue weighted by atomic mass is 79.9. The molecule has 0 aromatic heterocycles. The van der Waals surface area contributed by atoms with Crippen LogP contribution in [0.3, 0.4) is 0 Å². The molecule has 0 heterocycles. The average Bonchev–Trinajstić information content (AvgIpc) is 2.51. The van der Waals surface area contributed by atoms with Crippen LogP contribution in [0, 0.1) is 0 Å². The van der Waals surface area contributed by atoms with Gasteiger partial charge < -0.3 is 19.9 Å². The summed E-state index contributed by atoms with van der Waals surface area (Å²) in [6, 6.07) is 3.99. The second-order valence-corrected chi connectivity index (χ2v) is 5.90. The van der Waals surface area contributed by atoms with Crippen molar-refractivity contribution in [3.8, 4) is 11.5 Å². The number of hydrogen-bond donors (Lipinski definition) is 2. The zero-order chi connectivity index (χ0) is 15.9. The van der Waals surface area contributed by atoms with Crippen LogP contribution in [0.4, 0.5) is 0 Å². The topological polar surface area (TPSA) is 50.7 Å². The summed E-state index contributed by atoms with van der Waals surface area (Å²) < 4.78 is 11.9. The average molecular weight is 360 g/mol. The second kappa shape index (κ2) is 8.61. The van der Waals surface area contributed by atoms with Crippen molar-refractivity contribution in [3.05, 3.63) is 22.2 Å². The maximum atomic E-state index is 9.61. The van der Waals surface area contributed by atoms with Crippen LogP contribution in [-0.2, 0) is 6.54 Å². The van der Waals surface area contributed by atoms with Crippen molar-refractivity contribution >= 4 is 15.9 Å². The van der Waals surface area contributed by atoms with Gasteiger partial charge in [0.25, 0.3) is 0 Å². The lowest BCUT2D eigenvalue weighted by Crippen LogP contribution is -2.47. The molecule has 0 radical (unpaired) electrons. The van der Waals surface area contributed by atoms with Crippen LogP contribution in [0.1, 0.15) is 39.2 Å². The Hall–Kier alpha value is -0.780. The van der Waals surface area contributed by atoms with Gasteiger partial charge in [-0.3, -0.25) is 0 Å². The highest BCUT2D eigenvalue weighted by Gasteiger charge is 2.24. The van der Waals surface area contributed by atoms with E-state index in [0.29, 0.717) is 18.9 Å². The van der Waals surface area contributed by atoms with Crippen LogP contribution in [0.15, 0.2) is 16.6 Å². The molecular formula is C16H26BrNO3. The zero-order valence-electron chi connectivity index (χ0n) is 13.3. The summed E-state index contributed by atoms with van der Waals surface area (Å²) in [5.41, 5.74) is 0.861. The molecule has 0 spiro atoms. The number of aliphatic hydroxyl groups excluding tert-OH is 1. The lowest BCUT2D eigenvalue weighted by atomic mass is 9.93. The molecule has 0 aliphatic heterocycles. The molecule has 21 heavy (non-hydrogen) atoms. The fourth-order valence-electron chi connectivity index (χ4n) is 2.23. The van der Waals surface area contributed by atoms with Gasteiger partial charge in [-0.05, 0) is 53.4 Å². The SMILES string of the molecule is CCOc1c(Br)cc(CNC(CC)(CC)CO)cc1OC. The minimum atomic E-state index is -0.224. The molecule has 0 unspecified atom stereocenters. The number of aliphatic hydroxyl groups is 1. The molecule has 2 N–H and O–H groups in total. The highest BCUT2D eigenvalue weighted by Crippen LogP contribution is 2.36. The second-order valence-electron chi connectivity index (χ2n) is 5.04. The molecule has 1 rings (SSSR count). The van der Waals surface area contributed by atoms with Gasteiger partial charge in [0.1, 0.15) is 0 Å². The van der Waals surface area contributed by atoms with Gasteiger partial charge in [0, 0.05) is 12.1 Å². The number of hydrogen-bond acceptors (Lipinski definition) is 4. The van der Waals surface area contributed by atoms with E-state index in [2.05, 4.69) is 35.1 Å². The first-order chi connectivity index (χ1) is 10.1. The van der Waals surface area contributed by atoms with Gasteiger partial charge in [-0.15, -0.1) is 0 Å². The minimum absolute atomic E-state index is 0.134. The third-order valence-corrected chi connectivity index (χ3v) is 4.49. The Morgan fingerprint density at radius 3 is 2.38 bits per heavy atom. The van der Waals surface area contributed by atoms with Crippen LogP contribution >= 0.6 is 15.9 Å². The van der Waals surface area contributed by atoms with Crippen LogP contribution in [0.5, 0.6) is 11.5 Å². The van der Waals surface area contributed by atoms with Gasteiger partial charge >= 0.3 is 0 Å². The quantitative estimate of drug-likeness (QED) is 0.708. The van der Waals surface area contributed by atoms with Crippen molar-refractivity contribution in [1.29, 1.82) is 0 Å². The predicted molar refractivity (Wildman–Crippen MR) is 89.1 cm³/mol. The maximum absolute atomic E-state index is 9.61. The Morgan fingerprint density at radius 2 is 1.90 bits per heavy atom. The molecule has 0 bridgehead atoms. The first kappa shape index (κ1) is 18.3. The van der Waals surface area contributed by atoms with E-state index in [1.165, 1.54) is 0 Å². The lowest BCUT2D eigenvalue weighted by molar-refractivity contribution is 0.149. The Morgan fingerprint density at radius 1 is 1.24 bits per heavy atom. The molecule has 0 atom stereocenters. The monoisotopic (exact) mass is 359 g/mol. The van der Waals surface area contributed by atoms with Crippen LogP contribution in [0.25, 0.3) is 0 Å². The summed E-state index contributed by atoms with van der Waals surface area (Å²) in [5, 5.41) is 13.1. The molecule has 1 aromatic rings. The van der Waals surface area contributed by atoms with Crippen molar-refractivity contribution in [2.75, 3.05) is 20.3 Å². The Labute approximate surface area is 136 Å². The highest BCUT2D eigenvalue weighted by molar-refractivity contribution is 9.10.